The van der Waals surface area contributed by atoms with Crippen LogP contribution in [0.1, 0.15) is 24.2 Å². The van der Waals surface area contributed by atoms with Crippen LogP contribution in [0.25, 0.3) is 0 Å². The zero-order valence-corrected chi connectivity index (χ0v) is 10.4. The summed E-state index contributed by atoms with van der Waals surface area (Å²) in [7, 11) is 1.64. The molecular formula is C11H15ClN2O3. The Morgan fingerprint density at radius 1 is 1.53 bits per heavy atom. The van der Waals surface area contributed by atoms with Crippen molar-refractivity contribution in [3.63, 3.8) is 0 Å². The van der Waals surface area contributed by atoms with Crippen LogP contribution in [0.4, 0.5) is 0 Å². The molecule has 1 rings (SSSR count). The van der Waals surface area contributed by atoms with Gasteiger partial charge in [0.15, 0.2) is 0 Å². The summed E-state index contributed by atoms with van der Waals surface area (Å²) in [6, 6.07) is 0. The highest BCUT2D eigenvalue weighted by atomic mass is 35.5. The summed E-state index contributed by atoms with van der Waals surface area (Å²) in [5.41, 5.74) is 0.671. The number of hydrogen-bond acceptors (Lipinski definition) is 4. The summed E-state index contributed by atoms with van der Waals surface area (Å²) in [5.74, 6) is -0.198. The summed E-state index contributed by atoms with van der Waals surface area (Å²) in [5, 5.41) is 8.91. The molecule has 0 aliphatic carbocycles. The van der Waals surface area contributed by atoms with Crippen molar-refractivity contribution in [3.8, 4) is 0 Å². The average molecular weight is 259 g/mol. The van der Waals surface area contributed by atoms with Crippen molar-refractivity contribution in [2.75, 3.05) is 13.7 Å². The number of halogens is 1. The van der Waals surface area contributed by atoms with Crippen molar-refractivity contribution in [2.24, 2.45) is 0 Å². The smallest absolute Gasteiger partial charge is 0.303 e. The fourth-order valence-corrected chi connectivity index (χ4v) is 1.56. The van der Waals surface area contributed by atoms with Crippen molar-refractivity contribution in [1.82, 2.24) is 9.97 Å². The Bertz CT molecular complexity index is 385. The van der Waals surface area contributed by atoms with Crippen LogP contribution in [0.2, 0.25) is 5.15 Å². The molecule has 0 saturated carbocycles. The lowest BCUT2D eigenvalue weighted by Crippen LogP contribution is -2.03. The third-order valence-corrected chi connectivity index (χ3v) is 2.55. The van der Waals surface area contributed by atoms with Gasteiger partial charge >= 0.3 is 5.97 Å². The highest BCUT2D eigenvalue weighted by Gasteiger charge is 2.07. The van der Waals surface area contributed by atoms with E-state index in [4.69, 9.17) is 21.4 Å². The first kappa shape index (κ1) is 13.9. The molecule has 0 aromatic carbocycles. The molecular weight excluding hydrogens is 244 g/mol. The molecule has 1 heterocycles. The van der Waals surface area contributed by atoms with Gasteiger partial charge in [0, 0.05) is 38.3 Å². The Hall–Kier alpha value is -1.20. The molecule has 5 nitrogen and oxygen atoms in total. The summed E-state index contributed by atoms with van der Waals surface area (Å²) >= 11 is 5.95. The van der Waals surface area contributed by atoms with Crippen molar-refractivity contribution < 1.29 is 14.6 Å². The standard InChI is InChI=1S/C11H15ClN2O3/c1-17-6-2-3-9-13-7-8(11(12)14-9)4-5-10(15)16/h7H,2-6H2,1H3,(H,15,16). The number of rotatable bonds is 7. The van der Waals surface area contributed by atoms with Gasteiger partial charge < -0.3 is 9.84 Å². The van der Waals surface area contributed by atoms with E-state index in [2.05, 4.69) is 9.97 Å². The van der Waals surface area contributed by atoms with Crippen LogP contribution in [-0.2, 0) is 22.4 Å². The van der Waals surface area contributed by atoms with Gasteiger partial charge in [0.25, 0.3) is 0 Å². The minimum Gasteiger partial charge on any atom is -0.481 e. The molecule has 0 unspecified atom stereocenters. The Morgan fingerprint density at radius 3 is 2.88 bits per heavy atom. The van der Waals surface area contributed by atoms with E-state index in [9.17, 15) is 4.79 Å². The maximum Gasteiger partial charge on any atom is 0.303 e. The van der Waals surface area contributed by atoms with E-state index < -0.39 is 5.97 Å². The normalized spacial score (nSPS) is 10.5. The molecule has 17 heavy (non-hydrogen) atoms. The van der Waals surface area contributed by atoms with Gasteiger partial charge in [-0.25, -0.2) is 9.97 Å². The topological polar surface area (TPSA) is 72.3 Å². The first-order valence-electron chi connectivity index (χ1n) is 5.34. The lowest BCUT2D eigenvalue weighted by atomic mass is 10.2. The number of hydrogen-bond donors (Lipinski definition) is 1. The van der Waals surface area contributed by atoms with Crippen molar-refractivity contribution in [1.29, 1.82) is 0 Å². The maximum atomic E-state index is 10.4. The Morgan fingerprint density at radius 2 is 2.29 bits per heavy atom. The second kappa shape index (κ2) is 7.19. The number of carboxylic acid groups (broad SMARTS) is 1. The summed E-state index contributed by atoms with van der Waals surface area (Å²) in [4.78, 5) is 18.7. The SMILES string of the molecule is COCCCc1ncc(CCC(=O)O)c(Cl)n1. The molecule has 0 amide bonds. The highest BCUT2D eigenvalue weighted by molar-refractivity contribution is 6.30. The average Bonchev–Trinajstić information content (AvgIpc) is 2.28. The van der Waals surface area contributed by atoms with Gasteiger partial charge in [0.1, 0.15) is 11.0 Å². The van der Waals surface area contributed by atoms with E-state index in [0.29, 0.717) is 36.0 Å². The molecule has 0 bridgehead atoms. The quantitative estimate of drug-likeness (QED) is 0.596. The minimum atomic E-state index is -0.856. The van der Waals surface area contributed by atoms with Crippen molar-refractivity contribution in [3.05, 3.63) is 22.7 Å². The van der Waals surface area contributed by atoms with Crippen LogP contribution in [0.15, 0.2) is 6.20 Å². The fraction of sp³-hybridized carbons (Fsp3) is 0.545. The number of aryl methyl sites for hydroxylation is 2. The van der Waals surface area contributed by atoms with Crippen molar-refractivity contribution >= 4 is 17.6 Å². The zero-order chi connectivity index (χ0) is 12.7. The third kappa shape index (κ3) is 5.10. The Labute approximate surface area is 105 Å². The van der Waals surface area contributed by atoms with E-state index in [-0.39, 0.29) is 6.42 Å². The Balaban J connectivity index is 2.56. The molecule has 1 aromatic rings. The first-order valence-corrected chi connectivity index (χ1v) is 5.72. The number of nitrogens with zero attached hydrogens (tertiary/aromatic N) is 2. The number of carboxylic acids is 1. The molecule has 0 aliphatic heterocycles. The van der Waals surface area contributed by atoms with Crippen LogP contribution >= 0.6 is 11.6 Å². The van der Waals surface area contributed by atoms with E-state index in [1.165, 1.54) is 0 Å². The predicted molar refractivity (Wildman–Crippen MR) is 63.2 cm³/mol. The number of aromatic nitrogens is 2. The van der Waals surface area contributed by atoms with Gasteiger partial charge in [-0.1, -0.05) is 11.6 Å². The second-order valence-electron chi connectivity index (χ2n) is 3.59. The molecule has 0 saturated heterocycles. The molecule has 6 heteroatoms. The number of methoxy groups -OCH3 is 1. The molecule has 0 spiro atoms. The number of aliphatic carboxylic acids is 1. The third-order valence-electron chi connectivity index (χ3n) is 2.22. The number of ether oxygens (including phenoxy) is 1. The van der Waals surface area contributed by atoms with Gasteiger partial charge in [0.2, 0.25) is 0 Å². The van der Waals surface area contributed by atoms with E-state index in [0.717, 1.165) is 6.42 Å². The van der Waals surface area contributed by atoms with E-state index in [1.807, 2.05) is 0 Å². The highest BCUT2D eigenvalue weighted by Crippen LogP contribution is 2.14. The van der Waals surface area contributed by atoms with Gasteiger partial charge in [0.05, 0.1) is 0 Å². The molecule has 0 radical (unpaired) electrons. The van der Waals surface area contributed by atoms with Crippen molar-refractivity contribution in [2.45, 2.75) is 25.7 Å². The lowest BCUT2D eigenvalue weighted by Gasteiger charge is -2.04. The summed E-state index contributed by atoms with van der Waals surface area (Å²) < 4.78 is 4.93. The van der Waals surface area contributed by atoms with Gasteiger partial charge in [-0.3, -0.25) is 4.79 Å². The minimum absolute atomic E-state index is 0.0338. The van der Waals surface area contributed by atoms with Crippen LogP contribution in [0, 0.1) is 0 Å². The van der Waals surface area contributed by atoms with Crippen LogP contribution < -0.4 is 0 Å². The predicted octanol–water partition coefficient (Wildman–Crippen LogP) is 1.73. The largest absolute Gasteiger partial charge is 0.481 e. The molecule has 0 aliphatic rings. The molecule has 0 atom stereocenters. The molecule has 1 aromatic heterocycles. The van der Waals surface area contributed by atoms with E-state index >= 15 is 0 Å². The summed E-state index contributed by atoms with van der Waals surface area (Å²) in [6.07, 6.45) is 3.52. The number of carbonyl (C=O) groups is 1. The van der Waals surface area contributed by atoms with Crippen LogP contribution in [0.3, 0.4) is 0 Å². The molecule has 1 N–H and O–H groups in total. The van der Waals surface area contributed by atoms with Crippen LogP contribution in [0.5, 0.6) is 0 Å². The fourth-order valence-electron chi connectivity index (χ4n) is 1.32. The maximum absolute atomic E-state index is 10.4. The second-order valence-corrected chi connectivity index (χ2v) is 3.95. The molecule has 0 fully saturated rings. The Kier molecular flexibility index (Phi) is 5.86. The van der Waals surface area contributed by atoms with Gasteiger partial charge in [-0.2, -0.15) is 0 Å². The monoisotopic (exact) mass is 258 g/mol. The summed E-state index contributed by atoms with van der Waals surface area (Å²) in [6.45, 7) is 0.655. The van der Waals surface area contributed by atoms with E-state index in [1.54, 1.807) is 13.3 Å². The first-order chi connectivity index (χ1) is 8.13. The zero-order valence-electron chi connectivity index (χ0n) is 9.65. The lowest BCUT2D eigenvalue weighted by molar-refractivity contribution is -0.136. The van der Waals surface area contributed by atoms with Crippen LogP contribution in [-0.4, -0.2) is 34.8 Å². The molecule has 94 valence electrons. The van der Waals surface area contributed by atoms with Gasteiger partial charge in [-0.05, 0) is 12.8 Å². The van der Waals surface area contributed by atoms with Gasteiger partial charge in [-0.15, -0.1) is 0 Å².